The van der Waals surface area contributed by atoms with Crippen LogP contribution in [-0.2, 0) is 19.0 Å². The molecule has 1 aromatic carbocycles. The maximum atomic E-state index is 13.2. The standard InChI is InChI=1S/C22H29N5O2/c1-16-5-7-17(8-6-16)20(28)27-14-18-13-25(4)23-19(18)22(15-27)9-11-26(12-10-22)21(29)24(2)3/h5-8,13H,9-12,14-15H2,1-4H3. The van der Waals surface area contributed by atoms with Crippen molar-refractivity contribution in [2.24, 2.45) is 7.05 Å². The number of hydrogen-bond acceptors (Lipinski definition) is 3. The number of amides is 3. The number of likely N-dealkylation sites (tertiary alicyclic amines) is 1. The topological polar surface area (TPSA) is 61.7 Å². The summed E-state index contributed by atoms with van der Waals surface area (Å²) >= 11 is 0. The van der Waals surface area contributed by atoms with Gasteiger partial charge in [0, 0.05) is 70.1 Å². The third kappa shape index (κ3) is 3.50. The molecule has 1 fully saturated rings. The first-order valence-corrected chi connectivity index (χ1v) is 10.1. The van der Waals surface area contributed by atoms with Gasteiger partial charge in [0.25, 0.3) is 5.91 Å². The van der Waals surface area contributed by atoms with Gasteiger partial charge in [0.05, 0.1) is 5.69 Å². The highest BCUT2D eigenvalue weighted by atomic mass is 16.2. The van der Waals surface area contributed by atoms with Gasteiger partial charge in [0.2, 0.25) is 0 Å². The average Bonchev–Trinajstić information content (AvgIpc) is 3.09. The Morgan fingerprint density at radius 2 is 1.72 bits per heavy atom. The van der Waals surface area contributed by atoms with Crippen molar-refractivity contribution in [3.63, 3.8) is 0 Å². The Hall–Kier alpha value is -2.83. The van der Waals surface area contributed by atoms with Crippen LogP contribution in [0.5, 0.6) is 0 Å². The van der Waals surface area contributed by atoms with Gasteiger partial charge < -0.3 is 14.7 Å². The lowest BCUT2D eigenvalue weighted by Gasteiger charge is -2.46. The van der Waals surface area contributed by atoms with Crippen LogP contribution in [0.1, 0.15) is 40.0 Å². The van der Waals surface area contributed by atoms with Crippen molar-refractivity contribution >= 4 is 11.9 Å². The van der Waals surface area contributed by atoms with E-state index in [2.05, 4.69) is 0 Å². The number of aromatic nitrogens is 2. The fourth-order valence-electron chi connectivity index (χ4n) is 4.63. The van der Waals surface area contributed by atoms with Gasteiger partial charge in [-0.2, -0.15) is 5.10 Å². The van der Waals surface area contributed by atoms with Crippen LogP contribution < -0.4 is 0 Å². The second kappa shape index (κ2) is 7.21. The van der Waals surface area contributed by atoms with Crippen molar-refractivity contribution in [1.29, 1.82) is 0 Å². The van der Waals surface area contributed by atoms with Crippen molar-refractivity contribution in [2.75, 3.05) is 33.7 Å². The minimum absolute atomic E-state index is 0.0458. The molecule has 2 aromatic rings. The van der Waals surface area contributed by atoms with Gasteiger partial charge in [0.15, 0.2) is 0 Å². The number of piperidine rings is 1. The lowest BCUT2D eigenvalue weighted by atomic mass is 9.72. The molecule has 3 amide bonds. The Bertz CT molecular complexity index is 923. The molecule has 154 valence electrons. The van der Waals surface area contributed by atoms with Crippen LogP contribution in [0.4, 0.5) is 4.79 Å². The molecule has 4 rings (SSSR count). The molecule has 0 saturated carbocycles. The van der Waals surface area contributed by atoms with Crippen molar-refractivity contribution in [3.05, 3.63) is 52.8 Å². The number of carbonyl (C=O) groups is 2. The molecule has 0 unspecified atom stereocenters. The Labute approximate surface area is 171 Å². The van der Waals surface area contributed by atoms with E-state index in [9.17, 15) is 9.59 Å². The second-order valence-corrected chi connectivity index (χ2v) is 8.65. The number of hydrogen-bond donors (Lipinski definition) is 0. The first-order valence-electron chi connectivity index (χ1n) is 10.1. The van der Waals surface area contributed by atoms with E-state index in [4.69, 9.17) is 5.10 Å². The maximum Gasteiger partial charge on any atom is 0.319 e. The largest absolute Gasteiger partial charge is 0.333 e. The van der Waals surface area contributed by atoms with Gasteiger partial charge in [-0.05, 0) is 31.9 Å². The quantitative estimate of drug-likeness (QED) is 0.745. The summed E-state index contributed by atoms with van der Waals surface area (Å²) in [5.74, 6) is 0.0608. The van der Waals surface area contributed by atoms with E-state index in [0.29, 0.717) is 26.2 Å². The predicted molar refractivity (Wildman–Crippen MR) is 111 cm³/mol. The lowest BCUT2D eigenvalue weighted by molar-refractivity contribution is 0.0584. The van der Waals surface area contributed by atoms with Gasteiger partial charge in [0.1, 0.15) is 0 Å². The zero-order chi connectivity index (χ0) is 20.8. The highest BCUT2D eigenvalue weighted by Gasteiger charge is 2.46. The van der Waals surface area contributed by atoms with Gasteiger partial charge in [-0.25, -0.2) is 4.79 Å². The summed E-state index contributed by atoms with van der Waals surface area (Å²) in [7, 11) is 5.50. The molecule has 29 heavy (non-hydrogen) atoms. The molecule has 2 aliphatic rings. The molecule has 0 aliphatic carbocycles. The molecule has 0 N–H and O–H groups in total. The second-order valence-electron chi connectivity index (χ2n) is 8.65. The first kappa shape index (κ1) is 19.5. The van der Waals surface area contributed by atoms with E-state index in [-0.39, 0.29) is 17.4 Å². The highest BCUT2D eigenvalue weighted by molar-refractivity contribution is 5.94. The summed E-state index contributed by atoms with van der Waals surface area (Å²) in [6.07, 6.45) is 3.66. The van der Waals surface area contributed by atoms with E-state index in [1.807, 2.05) is 58.9 Å². The molecule has 0 bridgehead atoms. The van der Waals surface area contributed by atoms with E-state index >= 15 is 0 Å². The van der Waals surface area contributed by atoms with Crippen LogP contribution in [0.3, 0.4) is 0 Å². The zero-order valence-electron chi connectivity index (χ0n) is 17.7. The molecule has 7 heteroatoms. The van der Waals surface area contributed by atoms with Crippen LogP contribution in [0.2, 0.25) is 0 Å². The minimum Gasteiger partial charge on any atom is -0.333 e. The van der Waals surface area contributed by atoms with Crippen molar-refractivity contribution in [3.8, 4) is 0 Å². The van der Waals surface area contributed by atoms with Crippen molar-refractivity contribution in [2.45, 2.75) is 31.7 Å². The van der Waals surface area contributed by atoms with Gasteiger partial charge in [-0.15, -0.1) is 0 Å². The van der Waals surface area contributed by atoms with Crippen LogP contribution in [0.25, 0.3) is 0 Å². The average molecular weight is 396 g/mol. The highest BCUT2D eigenvalue weighted by Crippen LogP contribution is 2.41. The van der Waals surface area contributed by atoms with Crippen molar-refractivity contribution in [1.82, 2.24) is 24.5 Å². The molecule has 2 aliphatic heterocycles. The Balaban J connectivity index is 1.61. The maximum absolute atomic E-state index is 13.2. The molecule has 1 aromatic heterocycles. The zero-order valence-corrected chi connectivity index (χ0v) is 17.7. The van der Waals surface area contributed by atoms with Crippen LogP contribution in [-0.4, -0.2) is 70.1 Å². The molecular weight excluding hydrogens is 366 g/mol. The smallest absolute Gasteiger partial charge is 0.319 e. The first-order chi connectivity index (χ1) is 13.8. The third-order valence-corrected chi connectivity index (χ3v) is 6.22. The normalized spacial score (nSPS) is 17.9. The molecule has 3 heterocycles. The molecule has 7 nitrogen and oxygen atoms in total. The lowest BCUT2D eigenvalue weighted by Crippen LogP contribution is -2.55. The molecule has 1 saturated heterocycles. The summed E-state index contributed by atoms with van der Waals surface area (Å²) in [5.41, 5.74) is 3.89. The number of nitrogens with zero attached hydrogens (tertiary/aromatic N) is 5. The van der Waals surface area contributed by atoms with Crippen molar-refractivity contribution < 1.29 is 9.59 Å². The number of carbonyl (C=O) groups excluding carboxylic acids is 2. The predicted octanol–water partition coefficient (Wildman–Crippen LogP) is 2.40. The fourth-order valence-corrected chi connectivity index (χ4v) is 4.63. The van der Waals surface area contributed by atoms with Gasteiger partial charge >= 0.3 is 6.03 Å². The molecular formula is C22H29N5O2. The summed E-state index contributed by atoms with van der Waals surface area (Å²) in [6, 6.07) is 7.81. The van der Waals surface area contributed by atoms with E-state index in [1.165, 1.54) is 0 Å². The summed E-state index contributed by atoms with van der Waals surface area (Å²) in [4.78, 5) is 31.1. The number of urea groups is 1. The number of rotatable bonds is 1. The van der Waals surface area contributed by atoms with E-state index < -0.39 is 0 Å². The number of fused-ring (bicyclic) bond motifs is 2. The SMILES string of the molecule is Cc1ccc(C(=O)N2Cc3cn(C)nc3C3(CCN(C(=O)N(C)C)CC3)C2)cc1. The molecule has 1 spiro atoms. The Morgan fingerprint density at radius 1 is 1.07 bits per heavy atom. The summed E-state index contributed by atoms with van der Waals surface area (Å²) in [5, 5.41) is 4.78. The third-order valence-electron chi connectivity index (χ3n) is 6.22. The summed E-state index contributed by atoms with van der Waals surface area (Å²) in [6.45, 7) is 4.61. The number of benzene rings is 1. The van der Waals surface area contributed by atoms with Crippen LogP contribution in [0, 0.1) is 6.92 Å². The molecule has 0 radical (unpaired) electrons. The minimum atomic E-state index is -0.196. The van der Waals surface area contributed by atoms with Gasteiger partial charge in [-0.3, -0.25) is 9.48 Å². The number of aryl methyl sites for hydroxylation is 2. The van der Waals surface area contributed by atoms with E-state index in [0.717, 1.165) is 35.2 Å². The fraction of sp³-hybridized carbons (Fsp3) is 0.500. The van der Waals surface area contributed by atoms with E-state index in [1.54, 1.807) is 19.0 Å². The molecule has 0 atom stereocenters. The summed E-state index contributed by atoms with van der Waals surface area (Å²) < 4.78 is 1.85. The Morgan fingerprint density at radius 3 is 2.34 bits per heavy atom. The van der Waals surface area contributed by atoms with Gasteiger partial charge in [-0.1, -0.05) is 17.7 Å². The van der Waals surface area contributed by atoms with Crippen LogP contribution >= 0.6 is 0 Å². The Kier molecular flexibility index (Phi) is 4.84. The van der Waals surface area contributed by atoms with Crippen LogP contribution in [0.15, 0.2) is 30.5 Å². The monoisotopic (exact) mass is 395 g/mol.